The summed E-state index contributed by atoms with van der Waals surface area (Å²) in [7, 11) is 1.71. The molecule has 2 atom stereocenters. The second kappa shape index (κ2) is 7.99. The topological polar surface area (TPSA) is 85.2 Å². The first-order valence-corrected chi connectivity index (χ1v) is 7.26. The minimum absolute atomic E-state index is 0.00630. The van der Waals surface area contributed by atoms with Gasteiger partial charge in [0.15, 0.2) is 0 Å². The molecule has 0 saturated carbocycles. The molecule has 0 aromatic carbocycles. The molecule has 0 saturated heterocycles. The van der Waals surface area contributed by atoms with Gasteiger partial charge in [-0.1, -0.05) is 13.8 Å². The van der Waals surface area contributed by atoms with Gasteiger partial charge >= 0.3 is 0 Å². The fourth-order valence-electron chi connectivity index (χ4n) is 1.59. The van der Waals surface area contributed by atoms with Crippen molar-refractivity contribution in [3.8, 4) is 6.07 Å². The van der Waals surface area contributed by atoms with Gasteiger partial charge in [0, 0.05) is 6.04 Å². The van der Waals surface area contributed by atoms with Gasteiger partial charge in [-0.3, -0.25) is 14.5 Å². The fraction of sp³-hybridized carbons (Fsp3) is 0.800. The van der Waals surface area contributed by atoms with Crippen molar-refractivity contribution in [2.24, 2.45) is 5.92 Å². The van der Waals surface area contributed by atoms with E-state index in [0.717, 1.165) is 0 Å². The lowest BCUT2D eigenvalue weighted by molar-refractivity contribution is -0.129. The monoisotopic (exact) mass is 296 g/mol. The predicted molar refractivity (Wildman–Crippen MR) is 82.4 cm³/mol. The van der Waals surface area contributed by atoms with Gasteiger partial charge in [-0.15, -0.1) is 0 Å². The van der Waals surface area contributed by atoms with Crippen LogP contribution in [0.15, 0.2) is 0 Å². The number of hydrogen-bond acceptors (Lipinski definition) is 4. The summed E-state index contributed by atoms with van der Waals surface area (Å²) in [6.45, 7) is 11.1. The van der Waals surface area contributed by atoms with E-state index in [1.54, 1.807) is 25.8 Å². The van der Waals surface area contributed by atoms with Gasteiger partial charge in [0.2, 0.25) is 11.8 Å². The largest absolute Gasteiger partial charge is 0.353 e. The van der Waals surface area contributed by atoms with E-state index in [2.05, 4.69) is 16.7 Å². The Kier molecular flexibility index (Phi) is 7.37. The molecule has 0 heterocycles. The minimum atomic E-state index is -0.910. The maximum atomic E-state index is 12.2. The first kappa shape index (κ1) is 19.4. The normalized spacial score (nSPS) is 15.5. The molecule has 2 N–H and O–H groups in total. The van der Waals surface area contributed by atoms with E-state index in [9.17, 15) is 14.9 Å². The van der Waals surface area contributed by atoms with Crippen molar-refractivity contribution in [2.75, 3.05) is 13.6 Å². The molecule has 0 radical (unpaired) electrons. The predicted octanol–water partition coefficient (Wildman–Crippen LogP) is 0.886. The van der Waals surface area contributed by atoms with Gasteiger partial charge in [0.25, 0.3) is 0 Å². The fourth-order valence-corrected chi connectivity index (χ4v) is 1.59. The third-order valence-electron chi connectivity index (χ3n) is 3.65. The van der Waals surface area contributed by atoms with Crippen LogP contribution in [0.4, 0.5) is 0 Å². The van der Waals surface area contributed by atoms with Gasteiger partial charge in [-0.05, 0) is 40.7 Å². The van der Waals surface area contributed by atoms with Crippen LogP contribution in [0, 0.1) is 17.2 Å². The SMILES string of the molecule is CC(C)NC(=O)CN(C)[C@H](C)C(=O)N[C@](C)(C#N)C(C)C. The van der Waals surface area contributed by atoms with E-state index in [1.165, 1.54) is 0 Å². The number of likely N-dealkylation sites (N-methyl/N-ethyl adjacent to an activating group) is 1. The maximum Gasteiger partial charge on any atom is 0.238 e. The van der Waals surface area contributed by atoms with E-state index in [0.29, 0.717) is 0 Å². The number of carbonyl (C=O) groups excluding carboxylic acids is 2. The first-order chi connectivity index (χ1) is 9.53. The Morgan fingerprint density at radius 1 is 1.24 bits per heavy atom. The zero-order chi connectivity index (χ0) is 16.8. The number of nitriles is 1. The van der Waals surface area contributed by atoms with Crippen molar-refractivity contribution in [3.63, 3.8) is 0 Å². The number of nitrogens with zero attached hydrogens (tertiary/aromatic N) is 2. The third-order valence-corrected chi connectivity index (χ3v) is 3.65. The summed E-state index contributed by atoms with van der Waals surface area (Å²) in [6, 6.07) is 1.72. The van der Waals surface area contributed by atoms with Gasteiger partial charge in [0.1, 0.15) is 5.54 Å². The Morgan fingerprint density at radius 2 is 1.76 bits per heavy atom. The van der Waals surface area contributed by atoms with Crippen molar-refractivity contribution in [2.45, 2.75) is 59.2 Å². The summed E-state index contributed by atoms with van der Waals surface area (Å²) < 4.78 is 0. The molecule has 2 amide bonds. The quantitative estimate of drug-likeness (QED) is 0.730. The highest BCUT2D eigenvalue weighted by molar-refractivity contribution is 5.84. The van der Waals surface area contributed by atoms with Crippen molar-refractivity contribution in [3.05, 3.63) is 0 Å². The third kappa shape index (κ3) is 6.13. The molecule has 120 valence electrons. The van der Waals surface area contributed by atoms with E-state index in [4.69, 9.17) is 0 Å². The summed E-state index contributed by atoms with van der Waals surface area (Å²) in [4.78, 5) is 25.6. The molecular formula is C15H28N4O2. The zero-order valence-corrected chi connectivity index (χ0v) is 14.2. The lowest BCUT2D eigenvalue weighted by Crippen LogP contribution is -2.55. The highest BCUT2D eigenvalue weighted by Gasteiger charge is 2.32. The van der Waals surface area contributed by atoms with Crippen molar-refractivity contribution >= 4 is 11.8 Å². The molecule has 21 heavy (non-hydrogen) atoms. The molecule has 0 aliphatic rings. The summed E-state index contributed by atoms with van der Waals surface area (Å²) >= 11 is 0. The smallest absolute Gasteiger partial charge is 0.238 e. The maximum absolute atomic E-state index is 12.2. The van der Waals surface area contributed by atoms with Crippen molar-refractivity contribution in [1.82, 2.24) is 15.5 Å². The van der Waals surface area contributed by atoms with Crippen LogP contribution in [0.25, 0.3) is 0 Å². The number of rotatable bonds is 7. The lowest BCUT2D eigenvalue weighted by Gasteiger charge is -2.31. The number of hydrogen-bond donors (Lipinski definition) is 2. The molecule has 0 bridgehead atoms. The Labute approximate surface area is 127 Å². The Hall–Kier alpha value is -1.61. The van der Waals surface area contributed by atoms with Crippen LogP contribution in [-0.2, 0) is 9.59 Å². The van der Waals surface area contributed by atoms with Crippen LogP contribution in [-0.4, -0.2) is 47.9 Å². The summed E-state index contributed by atoms with van der Waals surface area (Å²) in [6.07, 6.45) is 0. The van der Waals surface area contributed by atoms with Crippen LogP contribution in [0.3, 0.4) is 0 Å². The molecule has 0 spiro atoms. The Morgan fingerprint density at radius 3 is 2.14 bits per heavy atom. The molecule has 0 aromatic heterocycles. The molecule has 0 unspecified atom stereocenters. The van der Waals surface area contributed by atoms with E-state index in [1.807, 2.05) is 27.7 Å². The standard InChI is InChI=1S/C15H28N4O2/c1-10(2)15(6,9-16)18-14(21)12(5)19(7)8-13(20)17-11(3)4/h10-12H,8H2,1-7H3,(H,17,20)(H,18,21)/t12-,15-/m1/s1. The van der Waals surface area contributed by atoms with Gasteiger partial charge in [-0.25, -0.2) is 0 Å². The average Bonchev–Trinajstić information content (AvgIpc) is 2.35. The average molecular weight is 296 g/mol. The second-order valence-corrected chi connectivity index (χ2v) is 6.27. The molecule has 0 rings (SSSR count). The highest BCUT2D eigenvalue weighted by atomic mass is 16.2. The summed E-state index contributed by atoms with van der Waals surface area (Å²) in [5.74, 6) is -0.389. The van der Waals surface area contributed by atoms with Crippen LogP contribution >= 0.6 is 0 Å². The molecule has 0 aromatic rings. The lowest BCUT2D eigenvalue weighted by atomic mass is 9.90. The number of nitrogens with one attached hydrogen (secondary N) is 2. The van der Waals surface area contributed by atoms with Crippen molar-refractivity contribution in [1.29, 1.82) is 5.26 Å². The minimum Gasteiger partial charge on any atom is -0.353 e. The van der Waals surface area contributed by atoms with Crippen molar-refractivity contribution < 1.29 is 9.59 Å². The molecular weight excluding hydrogens is 268 g/mol. The highest BCUT2D eigenvalue weighted by Crippen LogP contribution is 2.15. The molecule has 6 nitrogen and oxygen atoms in total. The second-order valence-electron chi connectivity index (χ2n) is 6.27. The zero-order valence-electron chi connectivity index (χ0n) is 14.2. The van der Waals surface area contributed by atoms with E-state index >= 15 is 0 Å². The van der Waals surface area contributed by atoms with Gasteiger partial charge < -0.3 is 10.6 Å². The van der Waals surface area contributed by atoms with Crippen LogP contribution in [0.5, 0.6) is 0 Å². The van der Waals surface area contributed by atoms with Crippen LogP contribution < -0.4 is 10.6 Å². The van der Waals surface area contributed by atoms with Crippen LogP contribution in [0.2, 0.25) is 0 Å². The molecule has 6 heteroatoms. The van der Waals surface area contributed by atoms with E-state index in [-0.39, 0.29) is 30.3 Å². The number of carbonyl (C=O) groups is 2. The first-order valence-electron chi connectivity index (χ1n) is 7.26. The molecule has 0 aliphatic heterocycles. The van der Waals surface area contributed by atoms with Gasteiger partial charge in [0.05, 0.1) is 18.7 Å². The van der Waals surface area contributed by atoms with Gasteiger partial charge in [-0.2, -0.15) is 5.26 Å². The number of amides is 2. The molecule has 0 aliphatic carbocycles. The Balaban J connectivity index is 4.64. The Bertz CT molecular complexity index is 414. The molecule has 0 fully saturated rings. The van der Waals surface area contributed by atoms with Crippen LogP contribution in [0.1, 0.15) is 41.5 Å². The van der Waals surface area contributed by atoms with E-state index < -0.39 is 11.6 Å². The summed E-state index contributed by atoms with van der Waals surface area (Å²) in [5.41, 5.74) is -0.910. The summed E-state index contributed by atoms with van der Waals surface area (Å²) in [5, 5.41) is 14.8.